The monoisotopic (exact) mass is 262 g/mol. The van der Waals surface area contributed by atoms with Crippen LogP contribution in [-0.4, -0.2) is 9.97 Å². The summed E-state index contributed by atoms with van der Waals surface area (Å²) in [6.07, 6.45) is 0. The van der Waals surface area contributed by atoms with Crippen LogP contribution in [0.15, 0.2) is 42.5 Å². The minimum Gasteiger partial charge on any atom is -0.354 e. The summed E-state index contributed by atoms with van der Waals surface area (Å²) in [5, 5.41) is 3.29. The fourth-order valence-electron chi connectivity index (χ4n) is 2.87. The number of aryl methyl sites for hydroxylation is 1. The van der Waals surface area contributed by atoms with E-state index in [0.29, 0.717) is 5.82 Å². The highest BCUT2D eigenvalue weighted by Gasteiger charge is 2.14. The molecule has 0 amide bonds. The first kappa shape index (κ1) is 11.3. The van der Waals surface area contributed by atoms with Crippen molar-refractivity contribution in [1.82, 2.24) is 9.97 Å². The molecule has 0 aliphatic rings. The van der Waals surface area contributed by atoms with Gasteiger partial charge in [0.05, 0.1) is 16.4 Å². The Bertz CT molecular complexity index is 953. The number of nitrogens with one attached hydrogen (secondary N) is 2. The molecule has 4 nitrogen and oxygen atoms in total. The van der Waals surface area contributed by atoms with E-state index in [0.717, 1.165) is 38.3 Å². The molecule has 20 heavy (non-hydrogen) atoms. The van der Waals surface area contributed by atoms with E-state index in [2.05, 4.69) is 52.6 Å². The van der Waals surface area contributed by atoms with Crippen LogP contribution in [0.25, 0.3) is 32.7 Å². The molecule has 0 saturated carbocycles. The lowest BCUT2D eigenvalue weighted by molar-refractivity contribution is 1.27. The molecule has 2 aromatic heterocycles. The van der Waals surface area contributed by atoms with Crippen molar-refractivity contribution in [2.75, 3.05) is 5.43 Å². The summed E-state index contributed by atoms with van der Waals surface area (Å²) in [7, 11) is 0. The summed E-state index contributed by atoms with van der Waals surface area (Å²) >= 11 is 0. The maximum atomic E-state index is 5.68. The van der Waals surface area contributed by atoms with E-state index in [-0.39, 0.29) is 0 Å². The smallest absolute Gasteiger partial charge is 0.150 e. The summed E-state index contributed by atoms with van der Waals surface area (Å²) in [5.74, 6) is 6.39. The van der Waals surface area contributed by atoms with Crippen LogP contribution in [0.5, 0.6) is 0 Å². The maximum absolute atomic E-state index is 5.68. The molecule has 2 aromatic carbocycles. The molecule has 4 aromatic rings. The van der Waals surface area contributed by atoms with E-state index in [1.807, 2.05) is 12.1 Å². The van der Waals surface area contributed by atoms with Crippen LogP contribution < -0.4 is 11.3 Å². The molecule has 98 valence electrons. The minimum absolute atomic E-state index is 0.708. The van der Waals surface area contributed by atoms with Gasteiger partial charge in [-0.2, -0.15) is 0 Å². The largest absolute Gasteiger partial charge is 0.354 e. The molecule has 0 aliphatic heterocycles. The standard InChI is InChI=1S/C16H14N4/c1-9-5-4-7-11-14(9)19-16(20-17)13-10-6-2-3-8-12(10)18-15(11)13/h2-8,18H,17H2,1H3,(H,19,20). The first-order valence-electron chi connectivity index (χ1n) is 6.56. The molecule has 0 fully saturated rings. The number of pyridine rings is 1. The number of aromatic amines is 1. The molecule has 0 atom stereocenters. The Morgan fingerprint density at radius 1 is 1.05 bits per heavy atom. The molecule has 4 N–H and O–H groups in total. The average molecular weight is 262 g/mol. The number of benzene rings is 2. The van der Waals surface area contributed by atoms with E-state index in [1.54, 1.807) is 0 Å². The molecule has 0 spiro atoms. The van der Waals surface area contributed by atoms with Gasteiger partial charge in [-0.25, -0.2) is 10.8 Å². The number of aromatic nitrogens is 2. The van der Waals surface area contributed by atoms with E-state index in [1.165, 1.54) is 0 Å². The predicted molar refractivity (Wildman–Crippen MR) is 83.7 cm³/mol. The van der Waals surface area contributed by atoms with Gasteiger partial charge < -0.3 is 10.4 Å². The van der Waals surface area contributed by atoms with Crippen molar-refractivity contribution in [1.29, 1.82) is 0 Å². The van der Waals surface area contributed by atoms with E-state index in [9.17, 15) is 0 Å². The summed E-state index contributed by atoms with van der Waals surface area (Å²) in [6.45, 7) is 2.06. The molecule has 4 rings (SSSR count). The van der Waals surface area contributed by atoms with Crippen LogP contribution in [0.1, 0.15) is 5.56 Å². The molecule has 0 unspecified atom stereocenters. The summed E-state index contributed by atoms with van der Waals surface area (Å²) in [6, 6.07) is 14.4. The molecular formula is C16H14N4. The van der Waals surface area contributed by atoms with Crippen molar-refractivity contribution in [3.05, 3.63) is 48.0 Å². The van der Waals surface area contributed by atoms with Gasteiger partial charge in [0.25, 0.3) is 0 Å². The highest BCUT2D eigenvalue weighted by molar-refractivity contribution is 6.20. The van der Waals surface area contributed by atoms with Crippen molar-refractivity contribution in [2.24, 2.45) is 5.84 Å². The van der Waals surface area contributed by atoms with Gasteiger partial charge in [0, 0.05) is 16.3 Å². The maximum Gasteiger partial charge on any atom is 0.150 e. The number of anilines is 1. The van der Waals surface area contributed by atoms with Crippen LogP contribution >= 0.6 is 0 Å². The second-order valence-electron chi connectivity index (χ2n) is 5.00. The lowest BCUT2D eigenvalue weighted by Crippen LogP contribution is -2.09. The number of H-pyrrole nitrogens is 1. The van der Waals surface area contributed by atoms with E-state index >= 15 is 0 Å². The number of para-hydroxylation sites is 2. The van der Waals surface area contributed by atoms with Crippen molar-refractivity contribution in [2.45, 2.75) is 6.92 Å². The molecule has 0 saturated heterocycles. The molecule has 2 heterocycles. The van der Waals surface area contributed by atoms with E-state index < -0.39 is 0 Å². The van der Waals surface area contributed by atoms with Gasteiger partial charge in [0.2, 0.25) is 0 Å². The second kappa shape index (κ2) is 3.95. The SMILES string of the molecule is Cc1cccc2c1nc(NN)c1c3ccccc3[nH]c21. The van der Waals surface area contributed by atoms with Crippen LogP contribution in [0.3, 0.4) is 0 Å². The Balaban J connectivity index is 2.34. The van der Waals surface area contributed by atoms with Crippen molar-refractivity contribution in [3.8, 4) is 0 Å². The number of nitrogens with zero attached hydrogens (tertiary/aromatic N) is 1. The number of hydrazine groups is 1. The highest BCUT2D eigenvalue weighted by Crippen LogP contribution is 2.35. The fraction of sp³-hybridized carbons (Fsp3) is 0.0625. The van der Waals surface area contributed by atoms with Gasteiger partial charge in [-0.15, -0.1) is 0 Å². The first-order valence-corrected chi connectivity index (χ1v) is 6.56. The van der Waals surface area contributed by atoms with Gasteiger partial charge in [-0.1, -0.05) is 36.4 Å². The van der Waals surface area contributed by atoms with E-state index in [4.69, 9.17) is 5.84 Å². The average Bonchev–Trinajstić information content (AvgIpc) is 2.87. The topological polar surface area (TPSA) is 66.7 Å². The second-order valence-corrected chi connectivity index (χ2v) is 5.00. The molecule has 0 radical (unpaired) electrons. The third kappa shape index (κ3) is 1.37. The van der Waals surface area contributed by atoms with Crippen molar-refractivity contribution in [3.63, 3.8) is 0 Å². The summed E-state index contributed by atoms with van der Waals surface area (Å²) in [4.78, 5) is 8.17. The Hall–Kier alpha value is -2.59. The van der Waals surface area contributed by atoms with Crippen molar-refractivity contribution >= 4 is 38.5 Å². The third-order valence-corrected chi connectivity index (χ3v) is 3.81. The fourth-order valence-corrected chi connectivity index (χ4v) is 2.87. The van der Waals surface area contributed by atoms with Crippen LogP contribution in [0.4, 0.5) is 5.82 Å². The number of nitrogen functional groups attached to an aromatic ring is 1. The van der Waals surface area contributed by atoms with Gasteiger partial charge in [-0.3, -0.25) is 0 Å². The normalized spacial score (nSPS) is 11.5. The Labute approximate surface area is 115 Å². The van der Waals surface area contributed by atoms with Gasteiger partial charge in [-0.05, 0) is 18.6 Å². The summed E-state index contributed by atoms with van der Waals surface area (Å²) < 4.78 is 0. The lowest BCUT2D eigenvalue weighted by atomic mass is 10.1. The van der Waals surface area contributed by atoms with Crippen LogP contribution in [-0.2, 0) is 0 Å². The number of hydrogen-bond acceptors (Lipinski definition) is 3. The number of rotatable bonds is 1. The molecular weight excluding hydrogens is 248 g/mol. The lowest BCUT2D eigenvalue weighted by Gasteiger charge is -2.07. The Morgan fingerprint density at radius 3 is 2.70 bits per heavy atom. The number of fused-ring (bicyclic) bond motifs is 5. The first-order chi connectivity index (χ1) is 9.79. The Kier molecular flexibility index (Phi) is 2.22. The number of hydrogen-bond donors (Lipinski definition) is 3. The molecule has 0 aliphatic carbocycles. The predicted octanol–water partition coefficient (Wildman–Crippen LogP) is 3.46. The van der Waals surface area contributed by atoms with Gasteiger partial charge >= 0.3 is 0 Å². The van der Waals surface area contributed by atoms with Crippen LogP contribution in [0, 0.1) is 6.92 Å². The summed E-state index contributed by atoms with van der Waals surface area (Å²) in [5.41, 5.74) is 7.02. The van der Waals surface area contributed by atoms with Crippen LogP contribution in [0.2, 0.25) is 0 Å². The molecule has 0 bridgehead atoms. The zero-order valence-corrected chi connectivity index (χ0v) is 11.1. The molecule has 4 heteroatoms. The quantitative estimate of drug-likeness (QED) is 0.363. The zero-order chi connectivity index (χ0) is 13.7. The number of nitrogens with two attached hydrogens (primary N) is 1. The third-order valence-electron chi connectivity index (χ3n) is 3.81. The Morgan fingerprint density at radius 2 is 1.85 bits per heavy atom. The minimum atomic E-state index is 0.708. The zero-order valence-electron chi connectivity index (χ0n) is 11.1. The highest BCUT2D eigenvalue weighted by atomic mass is 15.2. The van der Waals surface area contributed by atoms with Crippen molar-refractivity contribution < 1.29 is 0 Å². The van der Waals surface area contributed by atoms with Gasteiger partial charge in [0.15, 0.2) is 5.82 Å². The van der Waals surface area contributed by atoms with Gasteiger partial charge in [0.1, 0.15) is 0 Å².